The Morgan fingerprint density at radius 1 is 1.29 bits per heavy atom. The first-order valence-corrected chi connectivity index (χ1v) is 8.56. The Balaban J connectivity index is 1.89. The van der Waals surface area contributed by atoms with Crippen LogP contribution in [-0.2, 0) is 14.8 Å². The molecular weight excluding hydrogens is 314 g/mol. The summed E-state index contributed by atoms with van der Waals surface area (Å²) in [5, 5.41) is 0.161. The summed E-state index contributed by atoms with van der Waals surface area (Å²) in [7, 11) is -3.69. The zero-order valence-corrected chi connectivity index (χ0v) is 12.9. The van der Waals surface area contributed by atoms with Crippen LogP contribution in [0.2, 0.25) is 5.02 Å². The van der Waals surface area contributed by atoms with Crippen LogP contribution in [0.5, 0.6) is 0 Å². The van der Waals surface area contributed by atoms with Crippen LogP contribution in [0.25, 0.3) is 0 Å². The highest BCUT2D eigenvalue weighted by Gasteiger charge is 2.40. The maximum Gasteiger partial charge on any atom is 0.244 e. The van der Waals surface area contributed by atoms with E-state index in [2.05, 4.69) is 0 Å². The summed E-state index contributed by atoms with van der Waals surface area (Å²) in [5.41, 5.74) is 6.02. The van der Waals surface area contributed by atoms with Crippen LogP contribution in [0.3, 0.4) is 0 Å². The summed E-state index contributed by atoms with van der Waals surface area (Å²) in [4.78, 5) is 13.5. The second kappa shape index (κ2) is 5.15. The molecular formula is C13H16ClN3O3S. The number of piperazine rings is 1. The van der Waals surface area contributed by atoms with Gasteiger partial charge in [-0.3, -0.25) is 4.79 Å². The van der Waals surface area contributed by atoms with E-state index in [4.69, 9.17) is 17.3 Å². The van der Waals surface area contributed by atoms with Gasteiger partial charge in [-0.05, 0) is 24.6 Å². The number of sulfonamides is 1. The molecule has 0 saturated carbocycles. The molecule has 0 spiro atoms. The quantitative estimate of drug-likeness (QED) is 0.818. The number of fused-ring (bicyclic) bond motifs is 1. The first-order chi connectivity index (χ1) is 9.89. The second-order valence-corrected chi connectivity index (χ2v) is 7.65. The van der Waals surface area contributed by atoms with Crippen molar-refractivity contribution in [1.29, 1.82) is 0 Å². The molecule has 2 aliphatic rings. The van der Waals surface area contributed by atoms with Gasteiger partial charge in [0, 0.05) is 37.8 Å². The highest BCUT2D eigenvalue weighted by molar-refractivity contribution is 7.89. The maximum atomic E-state index is 12.7. The third-order valence-corrected chi connectivity index (χ3v) is 6.38. The van der Waals surface area contributed by atoms with Gasteiger partial charge < -0.3 is 10.6 Å². The molecule has 0 aromatic heterocycles. The van der Waals surface area contributed by atoms with Gasteiger partial charge in [0.25, 0.3) is 0 Å². The molecule has 1 amide bonds. The molecule has 1 unspecified atom stereocenters. The van der Waals surface area contributed by atoms with Crippen molar-refractivity contribution in [2.75, 3.05) is 25.4 Å². The molecule has 0 aliphatic carbocycles. The minimum Gasteiger partial charge on any atom is -0.399 e. The summed E-state index contributed by atoms with van der Waals surface area (Å²) in [6.45, 7) is 1.04. The highest BCUT2D eigenvalue weighted by Crippen LogP contribution is 2.30. The Labute approximate surface area is 128 Å². The fourth-order valence-electron chi connectivity index (χ4n) is 2.91. The molecule has 0 radical (unpaired) electrons. The molecule has 1 aromatic carbocycles. The van der Waals surface area contributed by atoms with E-state index < -0.39 is 10.0 Å². The number of hydrogen-bond donors (Lipinski definition) is 1. The van der Waals surface area contributed by atoms with Gasteiger partial charge in [-0.2, -0.15) is 4.31 Å². The number of nitrogens with two attached hydrogens (primary N) is 1. The van der Waals surface area contributed by atoms with E-state index in [1.807, 2.05) is 0 Å². The molecule has 2 N–H and O–H groups in total. The van der Waals surface area contributed by atoms with Crippen molar-refractivity contribution in [3.05, 3.63) is 23.2 Å². The van der Waals surface area contributed by atoms with Gasteiger partial charge in [-0.25, -0.2) is 8.42 Å². The predicted molar refractivity (Wildman–Crippen MR) is 79.4 cm³/mol. The minimum atomic E-state index is -3.69. The Morgan fingerprint density at radius 3 is 2.81 bits per heavy atom. The number of halogens is 1. The molecule has 2 fully saturated rings. The van der Waals surface area contributed by atoms with Crippen LogP contribution in [-0.4, -0.2) is 49.2 Å². The van der Waals surface area contributed by atoms with E-state index in [1.165, 1.54) is 16.4 Å². The first kappa shape index (κ1) is 14.6. The lowest BCUT2D eigenvalue weighted by Crippen LogP contribution is -2.53. The van der Waals surface area contributed by atoms with Gasteiger partial charge in [-0.15, -0.1) is 0 Å². The molecule has 1 aromatic rings. The zero-order valence-electron chi connectivity index (χ0n) is 11.3. The molecule has 21 heavy (non-hydrogen) atoms. The number of hydrogen-bond acceptors (Lipinski definition) is 4. The van der Waals surface area contributed by atoms with Crippen molar-refractivity contribution >= 4 is 33.2 Å². The lowest BCUT2D eigenvalue weighted by atomic mass is 10.2. The van der Waals surface area contributed by atoms with Crippen molar-refractivity contribution in [2.24, 2.45) is 0 Å². The third-order valence-electron chi connectivity index (χ3n) is 4.03. The summed E-state index contributed by atoms with van der Waals surface area (Å²) in [6, 6.07) is 4.40. The first-order valence-electron chi connectivity index (χ1n) is 6.74. The molecule has 0 bridgehead atoms. The standard InChI is InChI=1S/C13H16ClN3O3S/c14-11-3-1-9(15)7-12(11)21(19,20)16-5-6-17-10(8-16)2-4-13(17)18/h1,3,7,10H,2,4-6,8,15H2. The number of benzene rings is 1. The van der Waals surface area contributed by atoms with Crippen LogP contribution in [0.1, 0.15) is 12.8 Å². The van der Waals surface area contributed by atoms with E-state index >= 15 is 0 Å². The largest absolute Gasteiger partial charge is 0.399 e. The molecule has 6 nitrogen and oxygen atoms in total. The smallest absolute Gasteiger partial charge is 0.244 e. The van der Waals surface area contributed by atoms with Crippen molar-refractivity contribution in [3.63, 3.8) is 0 Å². The SMILES string of the molecule is Nc1ccc(Cl)c(S(=O)(=O)N2CCN3C(=O)CCC3C2)c1. The third kappa shape index (κ3) is 2.49. The van der Waals surface area contributed by atoms with E-state index in [-0.39, 0.29) is 28.4 Å². The molecule has 8 heteroatoms. The van der Waals surface area contributed by atoms with Gasteiger partial charge in [0.2, 0.25) is 15.9 Å². The van der Waals surface area contributed by atoms with Gasteiger partial charge in [0.15, 0.2) is 0 Å². The van der Waals surface area contributed by atoms with Crippen LogP contribution < -0.4 is 5.73 Å². The Hall–Kier alpha value is -1.31. The average molecular weight is 330 g/mol. The topological polar surface area (TPSA) is 83.7 Å². The van der Waals surface area contributed by atoms with Crippen molar-refractivity contribution in [2.45, 2.75) is 23.8 Å². The van der Waals surface area contributed by atoms with E-state index in [0.717, 1.165) is 0 Å². The molecule has 2 heterocycles. The zero-order chi connectivity index (χ0) is 15.2. The summed E-state index contributed by atoms with van der Waals surface area (Å²) >= 11 is 6.01. The Kier molecular flexibility index (Phi) is 3.59. The molecule has 2 aliphatic heterocycles. The number of anilines is 1. The number of nitrogen functional groups attached to an aromatic ring is 1. The van der Waals surface area contributed by atoms with Crippen LogP contribution in [0, 0.1) is 0 Å². The molecule has 2 saturated heterocycles. The molecule has 1 atom stereocenters. The minimum absolute atomic E-state index is 0.0270. The monoisotopic (exact) mass is 329 g/mol. The lowest BCUT2D eigenvalue weighted by Gasteiger charge is -2.36. The van der Waals surface area contributed by atoms with E-state index in [0.29, 0.717) is 31.6 Å². The number of amides is 1. The lowest BCUT2D eigenvalue weighted by molar-refractivity contribution is -0.130. The fourth-order valence-corrected chi connectivity index (χ4v) is 4.89. The van der Waals surface area contributed by atoms with Crippen LogP contribution in [0.4, 0.5) is 5.69 Å². The van der Waals surface area contributed by atoms with Gasteiger partial charge in [0.1, 0.15) is 4.90 Å². The Morgan fingerprint density at radius 2 is 2.05 bits per heavy atom. The normalized spacial score (nSPS) is 23.4. The van der Waals surface area contributed by atoms with Crippen LogP contribution in [0.15, 0.2) is 23.1 Å². The number of nitrogens with zero attached hydrogens (tertiary/aromatic N) is 2. The van der Waals surface area contributed by atoms with E-state index in [1.54, 1.807) is 11.0 Å². The maximum absolute atomic E-state index is 12.7. The van der Waals surface area contributed by atoms with Crippen molar-refractivity contribution in [3.8, 4) is 0 Å². The van der Waals surface area contributed by atoms with Gasteiger partial charge in [-0.1, -0.05) is 11.6 Å². The summed E-state index contributed by atoms with van der Waals surface area (Å²) in [5.74, 6) is 0.110. The number of rotatable bonds is 2. The van der Waals surface area contributed by atoms with Crippen molar-refractivity contribution < 1.29 is 13.2 Å². The summed E-state index contributed by atoms with van der Waals surface area (Å²) in [6.07, 6.45) is 1.20. The Bertz CT molecular complexity index is 692. The van der Waals surface area contributed by atoms with Gasteiger partial charge in [0.05, 0.1) is 5.02 Å². The van der Waals surface area contributed by atoms with E-state index in [9.17, 15) is 13.2 Å². The highest BCUT2D eigenvalue weighted by atomic mass is 35.5. The fraction of sp³-hybridized carbons (Fsp3) is 0.462. The molecule has 114 valence electrons. The number of carbonyl (C=O) groups is 1. The van der Waals surface area contributed by atoms with Gasteiger partial charge >= 0.3 is 0 Å². The average Bonchev–Trinajstić information content (AvgIpc) is 2.82. The number of carbonyl (C=O) groups excluding carboxylic acids is 1. The molecule has 3 rings (SSSR count). The second-order valence-electron chi connectivity index (χ2n) is 5.33. The predicted octanol–water partition coefficient (Wildman–Crippen LogP) is 0.917. The van der Waals surface area contributed by atoms with Crippen molar-refractivity contribution in [1.82, 2.24) is 9.21 Å². The summed E-state index contributed by atoms with van der Waals surface area (Å²) < 4.78 is 26.8. The van der Waals surface area contributed by atoms with Crippen LogP contribution >= 0.6 is 11.6 Å².